The fraction of sp³-hybridized carbons (Fsp3) is 0.900. The van der Waals surface area contributed by atoms with Gasteiger partial charge in [0.1, 0.15) is 12.1 Å². The molecule has 4 fully saturated rings. The molecule has 0 heterocycles. The lowest BCUT2D eigenvalue weighted by Gasteiger charge is -2.59. The summed E-state index contributed by atoms with van der Waals surface area (Å²) < 4.78 is 0. The minimum atomic E-state index is -0.559. The summed E-state index contributed by atoms with van der Waals surface area (Å²) in [6.07, 6.45) is 9.50. The monoisotopic (exact) mass is 318 g/mol. The van der Waals surface area contributed by atoms with Crippen LogP contribution in [0.25, 0.3) is 0 Å². The number of carbonyl (C=O) groups is 2. The zero-order valence-electron chi connectivity index (χ0n) is 14.5. The molecule has 0 amide bonds. The van der Waals surface area contributed by atoms with Gasteiger partial charge in [0.05, 0.1) is 5.60 Å². The van der Waals surface area contributed by atoms with Crippen molar-refractivity contribution >= 4 is 12.1 Å². The van der Waals surface area contributed by atoms with Gasteiger partial charge in [0.2, 0.25) is 0 Å². The van der Waals surface area contributed by atoms with Crippen molar-refractivity contribution in [3.05, 3.63) is 0 Å². The van der Waals surface area contributed by atoms with Gasteiger partial charge in [0.25, 0.3) is 0 Å². The second-order valence-corrected chi connectivity index (χ2v) is 9.39. The van der Waals surface area contributed by atoms with Crippen LogP contribution in [-0.2, 0) is 9.59 Å². The first-order chi connectivity index (χ1) is 10.8. The van der Waals surface area contributed by atoms with Gasteiger partial charge in [-0.3, -0.25) is 4.79 Å². The first kappa shape index (κ1) is 15.8. The molecule has 0 bridgehead atoms. The van der Waals surface area contributed by atoms with Crippen LogP contribution in [0.3, 0.4) is 0 Å². The van der Waals surface area contributed by atoms with E-state index in [0.29, 0.717) is 36.4 Å². The van der Waals surface area contributed by atoms with Crippen molar-refractivity contribution in [3.63, 3.8) is 0 Å². The Morgan fingerprint density at radius 1 is 1.04 bits per heavy atom. The molecule has 0 saturated heterocycles. The molecule has 0 aromatic carbocycles. The summed E-state index contributed by atoms with van der Waals surface area (Å²) in [6, 6.07) is 0. The lowest BCUT2D eigenvalue weighted by atomic mass is 9.44. The topological polar surface area (TPSA) is 54.4 Å². The van der Waals surface area contributed by atoms with E-state index in [-0.39, 0.29) is 16.7 Å². The number of hydrogen-bond acceptors (Lipinski definition) is 3. The molecule has 4 aliphatic rings. The molecule has 23 heavy (non-hydrogen) atoms. The van der Waals surface area contributed by atoms with Crippen LogP contribution in [0, 0.1) is 34.5 Å². The zero-order valence-corrected chi connectivity index (χ0v) is 14.5. The third-order valence-corrected chi connectivity index (χ3v) is 8.83. The van der Waals surface area contributed by atoms with Crippen molar-refractivity contribution in [3.8, 4) is 0 Å². The van der Waals surface area contributed by atoms with Crippen LogP contribution in [0.1, 0.15) is 71.6 Å². The van der Waals surface area contributed by atoms with Crippen LogP contribution in [0.15, 0.2) is 0 Å². The minimum Gasteiger partial charge on any atom is -0.390 e. The van der Waals surface area contributed by atoms with Crippen molar-refractivity contribution in [1.29, 1.82) is 0 Å². The molecule has 0 aliphatic heterocycles. The number of aldehydes is 1. The maximum atomic E-state index is 12.2. The smallest absolute Gasteiger partial charge is 0.133 e. The normalized spacial score (nSPS) is 55.7. The summed E-state index contributed by atoms with van der Waals surface area (Å²) in [5, 5.41) is 10.9. The highest BCUT2D eigenvalue weighted by molar-refractivity contribution is 5.82. The molecule has 128 valence electrons. The summed E-state index contributed by atoms with van der Waals surface area (Å²) in [5.41, 5.74) is -0.793. The number of rotatable bonds is 1. The van der Waals surface area contributed by atoms with Crippen LogP contribution < -0.4 is 0 Å². The lowest BCUT2D eigenvalue weighted by Crippen LogP contribution is -2.57. The molecule has 0 spiro atoms. The van der Waals surface area contributed by atoms with Crippen molar-refractivity contribution in [1.82, 2.24) is 0 Å². The number of fused-ring (bicyclic) bond motifs is 5. The predicted molar refractivity (Wildman–Crippen MR) is 87.7 cm³/mol. The average Bonchev–Trinajstić information content (AvgIpc) is 2.77. The Labute approximate surface area is 139 Å². The first-order valence-electron chi connectivity index (χ1n) is 9.54. The molecular formula is C20H30O3. The molecule has 3 nitrogen and oxygen atoms in total. The van der Waals surface area contributed by atoms with Gasteiger partial charge in [-0.1, -0.05) is 6.92 Å². The maximum Gasteiger partial charge on any atom is 0.133 e. The molecule has 4 rings (SSSR count). The van der Waals surface area contributed by atoms with Gasteiger partial charge in [-0.25, -0.2) is 0 Å². The largest absolute Gasteiger partial charge is 0.390 e. The SMILES string of the molecule is C[C@]1(O)CC[C@H]2[C@@H]3CC[C@H]4CC(=O)CC[C@]4(C=O)[C@H]3CC[C@@]21C. The van der Waals surface area contributed by atoms with Crippen molar-refractivity contribution in [2.24, 2.45) is 34.5 Å². The number of carbonyl (C=O) groups excluding carboxylic acids is 2. The molecule has 0 aromatic heterocycles. The average molecular weight is 318 g/mol. The van der Waals surface area contributed by atoms with Crippen LogP contribution in [0.4, 0.5) is 0 Å². The number of aliphatic hydroxyl groups is 1. The molecular weight excluding hydrogens is 288 g/mol. The van der Waals surface area contributed by atoms with E-state index >= 15 is 0 Å². The van der Waals surface area contributed by atoms with Gasteiger partial charge in [-0.2, -0.15) is 0 Å². The molecule has 7 atom stereocenters. The van der Waals surface area contributed by atoms with Gasteiger partial charge >= 0.3 is 0 Å². The molecule has 0 unspecified atom stereocenters. The van der Waals surface area contributed by atoms with Gasteiger partial charge < -0.3 is 9.90 Å². The van der Waals surface area contributed by atoms with E-state index < -0.39 is 5.60 Å². The Kier molecular flexibility index (Phi) is 3.37. The van der Waals surface area contributed by atoms with E-state index in [1.807, 2.05) is 6.92 Å². The maximum absolute atomic E-state index is 12.2. The van der Waals surface area contributed by atoms with Gasteiger partial charge in [0.15, 0.2) is 0 Å². The van der Waals surface area contributed by atoms with E-state index in [4.69, 9.17) is 0 Å². The standard InChI is InChI=1S/C20H30O3/c1-18-8-6-17-15(16(18)7-9-19(18,2)23)4-3-13-11-14(22)5-10-20(13,17)12-21/h12-13,15-17,23H,3-11H2,1-2H3/t13-,15-,16-,17-,18-,19-,20+/m0/s1. The van der Waals surface area contributed by atoms with E-state index in [1.54, 1.807) is 0 Å². The summed E-state index contributed by atoms with van der Waals surface area (Å²) >= 11 is 0. The molecule has 3 heteroatoms. The van der Waals surface area contributed by atoms with Crippen LogP contribution >= 0.6 is 0 Å². The van der Waals surface area contributed by atoms with Crippen LogP contribution in [-0.4, -0.2) is 22.8 Å². The fourth-order valence-electron chi connectivity index (χ4n) is 7.22. The van der Waals surface area contributed by atoms with E-state index in [2.05, 4.69) is 6.92 Å². The highest BCUT2D eigenvalue weighted by Gasteiger charge is 2.64. The Hall–Kier alpha value is -0.700. The second-order valence-electron chi connectivity index (χ2n) is 9.39. The molecule has 4 saturated carbocycles. The Morgan fingerprint density at radius 3 is 2.52 bits per heavy atom. The fourth-order valence-corrected chi connectivity index (χ4v) is 7.22. The number of hydrogen-bond donors (Lipinski definition) is 1. The van der Waals surface area contributed by atoms with E-state index in [9.17, 15) is 14.7 Å². The molecule has 4 aliphatic carbocycles. The number of Topliss-reactive ketones (excluding diaryl/α,β-unsaturated/α-hetero) is 1. The number of ketones is 1. The van der Waals surface area contributed by atoms with Crippen molar-refractivity contribution < 1.29 is 14.7 Å². The van der Waals surface area contributed by atoms with Crippen molar-refractivity contribution in [2.45, 2.75) is 77.2 Å². The highest BCUT2D eigenvalue weighted by Crippen LogP contribution is 2.67. The summed E-state index contributed by atoms with van der Waals surface area (Å²) in [4.78, 5) is 24.1. The van der Waals surface area contributed by atoms with Gasteiger partial charge in [-0.05, 0) is 81.0 Å². The predicted octanol–water partition coefficient (Wildman–Crippen LogP) is 3.53. The van der Waals surface area contributed by atoms with Crippen LogP contribution in [0.5, 0.6) is 0 Å². The summed E-state index contributed by atoms with van der Waals surface area (Å²) in [5.74, 6) is 2.20. The zero-order chi connectivity index (χ0) is 16.5. The highest BCUT2D eigenvalue weighted by atomic mass is 16.3. The van der Waals surface area contributed by atoms with Gasteiger partial charge in [0, 0.05) is 18.3 Å². The second kappa shape index (κ2) is 4.91. The quantitative estimate of drug-likeness (QED) is 0.753. The summed E-state index contributed by atoms with van der Waals surface area (Å²) in [7, 11) is 0. The minimum absolute atomic E-state index is 0.00949. The van der Waals surface area contributed by atoms with Crippen molar-refractivity contribution in [2.75, 3.05) is 0 Å². The molecule has 1 N–H and O–H groups in total. The lowest BCUT2D eigenvalue weighted by molar-refractivity contribution is -0.161. The Balaban J connectivity index is 1.69. The molecule has 0 aromatic rings. The molecule has 0 radical (unpaired) electrons. The van der Waals surface area contributed by atoms with Crippen LogP contribution in [0.2, 0.25) is 0 Å². The summed E-state index contributed by atoms with van der Waals surface area (Å²) in [6.45, 7) is 4.30. The third-order valence-electron chi connectivity index (χ3n) is 8.83. The third kappa shape index (κ3) is 1.92. The Bertz CT molecular complexity index is 539. The van der Waals surface area contributed by atoms with E-state index in [0.717, 1.165) is 44.9 Å². The first-order valence-corrected chi connectivity index (χ1v) is 9.54. The van der Waals surface area contributed by atoms with Gasteiger partial charge in [-0.15, -0.1) is 0 Å². The van der Waals surface area contributed by atoms with E-state index in [1.165, 1.54) is 6.29 Å². The Morgan fingerprint density at radius 2 is 1.78 bits per heavy atom.